The zero-order valence-electron chi connectivity index (χ0n) is 12.0. The molecular formula is C13H17N5O2S. The van der Waals surface area contributed by atoms with Crippen LogP contribution in [0.3, 0.4) is 0 Å². The lowest BCUT2D eigenvalue weighted by Gasteiger charge is -2.01. The van der Waals surface area contributed by atoms with Crippen molar-refractivity contribution in [1.29, 1.82) is 0 Å². The molecule has 0 atom stereocenters. The number of nitrogens with one attached hydrogen (secondary N) is 1. The molecule has 3 aromatic heterocycles. The number of anilines is 1. The molecule has 7 nitrogen and oxygen atoms in total. The molecule has 0 spiro atoms. The summed E-state index contributed by atoms with van der Waals surface area (Å²) >= 11 is 1.42. The van der Waals surface area contributed by atoms with Crippen LogP contribution in [0.2, 0.25) is 0 Å². The lowest BCUT2D eigenvalue weighted by atomic mass is 10.3. The first kappa shape index (κ1) is 14.0. The molecule has 0 saturated heterocycles. The van der Waals surface area contributed by atoms with Crippen molar-refractivity contribution in [2.75, 3.05) is 25.6 Å². The van der Waals surface area contributed by atoms with Crippen LogP contribution in [-0.4, -0.2) is 44.9 Å². The molecule has 0 radical (unpaired) electrons. The van der Waals surface area contributed by atoms with Gasteiger partial charge in [0.05, 0.1) is 12.9 Å². The van der Waals surface area contributed by atoms with Gasteiger partial charge in [-0.3, -0.25) is 0 Å². The second-order valence-electron chi connectivity index (χ2n) is 4.68. The van der Waals surface area contributed by atoms with E-state index in [0.717, 1.165) is 40.0 Å². The van der Waals surface area contributed by atoms with Crippen LogP contribution in [0.4, 0.5) is 5.82 Å². The van der Waals surface area contributed by atoms with Crippen LogP contribution in [0.15, 0.2) is 6.33 Å². The van der Waals surface area contributed by atoms with E-state index in [1.807, 2.05) is 18.7 Å². The quantitative estimate of drug-likeness (QED) is 0.675. The zero-order valence-corrected chi connectivity index (χ0v) is 12.8. The average molecular weight is 307 g/mol. The van der Waals surface area contributed by atoms with Crippen molar-refractivity contribution in [2.45, 2.75) is 12.8 Å². The van der Waals surface area contributed by atoms with Gasteiger partial charge in [0.1, 0.15) is 16.6 Å². The van der Waals surface area contributed by atoms with E-state index in [0.29, 0.717) is 11.8 Å². The highest BCUT2D eigenvalue weighted by Gasteiger charge is 2.16. The summed E-state index contributed by atoms with van der Waals surface area (Å²) in [6.45, 7) is 0.736. The summed E-state index contributed by atoms with van der Waals surface area (Å²) in [4.78, 5) is 14.3. The fourth-order valence-corrected chi connectivity index (χ4v) is 2.99. The third kappa shape index (κ3) is 2.52. The number of imidazole rings is 1. The van der Waals surface area contributed by atoms with Gasteiger partial charge in [-0.1, -0.05) is 11.3 Å². The summed E-state index contributed by atoms with van der Waals surface area (Å²) in [6, 6.07) is 0. The predicted octanol–water partition coefficient (Wildman–Crippen LogP) is 1.77. The molecule has 112 valence electrons. The van der Waals surface area contributed by atoms with Crippen molar-refractivity contribution in [3.63, 3.8) is 0 Å². The minimum absolute atomic E-state index is 0.186. The molecule has 3 heterocycles. The van der Waals surface area contributed by atoms with Gasteiger partial charge in [0.25, 0.3) is 5.19 Å². The van der Waals surface area contributed by atoms with Gasteiger partial charge in [-0.05, 0) is 12.8 Å². The minimum Gasteiger partial charge on any atom is -0.470 e. The predicted molar refractivity (Wildman–Crippen MR) is 83.0 cm³/mol. The van der Waals surface area contributed by atoms with E-state index in [1.165, 1.54) is 11.3 Å². The van der Waals surface area contributed by atoms with Crippen LogP contribution >= 0.6 is 11.3 Å². The molecule has 0 aliphatic heterocycles. The smallest absolute Gasteiger partial charge is 0.275 e. The first-order valence-electron chi connectivity index (χ1n) is 6.77. The average Bonchev–Trinajstić information content (AvgIpc) is 3.06. The van der Waals surface area contributed by atoms with Crippen LogP contribution in [-0.2, 0) is 7.05 Å². The second kappa shape index (κ2) is 5.82. The standard InChI is InChI=1S/C13H17N5O2S/c1-14-11-8-10(18(2)7-15-8)9-12(17-11)21-13(16-9)20-6-4-3-5-19/h7,19H,3-6H2,1-2H3,(H,14,17). The first-order valence-corrected chi connectivity index (χ1v) is 7.59. The number of thiazole rings is 1. The van der Waals surface area contributed by atoms with Gasteiger partial charge < -0.3 is 19.7 Å². The van der Waals surface area contributed by atoms with Crippen molar-refractivity contribution in [3.05, 3.63) is 6.33 Å². The Kier molecular flexibility index (Phi) is 3.89. The largest absolute Gasteiger partial charge is 0.470 e. The van der Waals surface area contributed by atoms with E-state index in [1.54, 1.807) is 6.33 Å². The monoisotopic (exact) mass is 307 g/mol. The number of ether oxygens (including phenoxy) is 1. The van der Waals surface area contributed by atoms with Gasteiger partial charge in [0.2, 0.25) is 0 Å². The molecule has 0 aliphatic carbocycles. The third-order valence-corrected chi connectivity index (χ3v) is 4.07. The van der Waals surface area contributed by atoms with E-state index < -0.39 is 0 Å². The molecule has 2 N–H and O–H groups in total. The topological polar surface area (TPSA) is 85.1 Å². The van der Waals surface area contributed by atoms with E-state index in [4.69, 9.17) is 9.84 Å². The summed E-state index contributed by atoms with van der Waals surface area (Å²) in [5.74, 6) is 0.744. The van der Waals surface area contributed by atoms with Gasteiger partial charge in [-0.15, -0.1) is 0 Å². The van der Waals surface area contributed by atoms with Crippen molar-refractivity contribution >= 4 is 38.5 Å². The number of aromatic nitrogens is 4. The maximum absolute atomic E-state index is 8.77. The summed E-state index contributed by atoms with van der Waals surface area (Å²) in [7, 11) is 3.77. The maximum Gasteiger partial charge on any atom is 0.275 e. The Hall–Kier alpha value is -1.93. The molecule has 0 aromatic carbocycles. The fraction of sp³-hybridized carbons (Fsp3) is 0.462. The molecule has 21 heavy (non-hydrogen) atoms. The van der Waals surface area contributed by atoms with Crippen molar-refractivity contribution in [3.8, 4) is 5.19 Å². The molecule has 0 aliphatic rings. The lowest BCUT2D eigenvalue weighted by molar-refractivity contribution is 0.253. The summed E-state index contributed by atoms with van der Waals surface area (Å²) in [5, 5.41) is 12.4. The van der Waals surface area contributed by atoms with E-state index in [-0.39, 0.29) is 6.61 Å². The maximum atomic E-state index is 8.77. The SMILES string of the molecule is CNc1nc2sc(OCCCCO)nc2c2c1ncn2C. The number of hydrogen-bond donors (Lipinski definition) is 2. The minimum atomic E-state index is 0.186. The van der Waals surface area contributed by atoms with Crippen LogP contribution in [0.25, 0.3) is 21.4 Å². The molecule has 0 fully saturated rings. The number of aliphatic hydroxyl groups excluding tert-OH is 1. The number of unbranched alkanes of at least 4 members (excludes halogenated alkanes) is 1. The number of fused-ring (bicyclic) bond motifs is 3. The normalized spacial score (nSPS) is 11.4. The summed E-state index contributed by atoms with van der Waals surface area (Å²) in [5.41, 5.74) is 2.57. The third-order valence-electron chi connectivity index (χ3n) is 3.20. The second-order valence-corrected chi connectivity index (χ2v) is 5.62. The Balaban J connectivity index is 2.00. The number of pyridine rings is 1. The Morgan fingerprint density at radius 3 is 2.95 bits per heavy atom. The van der Waals surface area contributed by atoms with Gasteiger partial charge in [0, 0.05) is 20.7 Å². The zero-order chi connectivity index (χ0) is 14.8. The number of aliphatic hydroxyl groups is 1. The summed E-state index contributed by atoms with van der Waals surface area (Å²) in [6.07, 6.45) is 3.30. The number of aryl methyl sites for hydroxylation is 1. The summed E-state index contributed by atoms with van der Waals surface area (Å²) < 4.78 is 7.58. The van der Waals surface area contributed by atoms with Crippen LogP contribution < -0.4 is 10.1 Å². The van der Waals surface area contributed by atoms with E-state index in [2.05, 4.69) is 20.3 Å². The van der Waals surface area contributed by atoms with Crippen molar-refractivity contribution in [1.82, 2.24) is 19.5 Å². The van der Waals surface area contributed by atoms with Crippen LogP contribution in [0.1, 0.15) is 12.8 Å². The van der Waals surface area contributed by atoms with Gasteiger partial charge in [-0.2, -0.15) is 4.98 Å². The highest BCUT2D eigenvalue weighted by atomic mass is 32.1. The molecule has 3 rings (SSSR count). The number of nitrogens with zero attached hydrogens (tertiary/aromatic N) is 4. The molecule has 0 saturated carbocycles. The molecule has 0 bridgehead atoms. The van der Waals surface area contributed by atoms with Gasteiger partial charge in [-0.25, -0.2) is 9.97 Å². The molecule has 0 amide bonds. The Morgan fingerprint density at radius 2 is 2.19 bits per heavy atom. The highest BCUT2D eigenvalue weighted by molar-refractivity contribution is 7.20. The number of rotatable bonds is 6. The molecule has 8 heteroatoms. The van der Waals surface area contributed by atoms with E-state index in [9.17, 15) is 0 Å². The molecular weight excluding hydrogens is 290 g/mol. The first-order chi connectivity index (χ1) is 10.2. The van der Waals surface area contributed by atoms with Crippen molar-refractivity contribution in [2.24, 2.45) is 7.05 Å². The van der Waals surface area contributed by atoms with Crippen LogP contribution in [0, 0.1) is 0 Å². The van der Waals surface area contributed by atoms with Gasteiger partial charge >= 0.3 is 0 Å². The van der Waals surface area contributed by atoms with Crippen LogP contribution in [0.5, 0.6) is 5.19 Å². The van der Waals surface area contributed by atoms with Crippen molar-refractivity contribution < 1.29 is 9.84 Å². The molecule has 0 unspecified atom stereocenters. The fourth-order valence-electron chi connectivity index (χ4n) is 2.17. The van der Waals surface area contributed by atoms with Gasteiger partial charge in [0.15, 0.2) is 10.6 Å². The molecule has 3 aromatic rings. The highest BCUT2D eigenvalue weighted by Crippen LogP contribution is 2.33. The Labute approximate surface area is 125 Å². The number of hydrogen-bond acceptors (Lipinski definition) is 7. The Morgan fingerprint density at radius 1 is 1.33 bits per heavy atom. The lowest BCUT2D eigenvalue weighted by Crippen LogP contribution is -1.98. The Bertz CT molecular complexity index is 767. The van der Waals surface area contributed by atoms with E-state index >= 15 is 0 Å².